The van der Waals surface area contributed by atoms with Gasteiger partial charge in [0, 0.05) is 75.3 Å². The molecule has 0 spiro atoms. The van der Waals surface area contributed by atoms with E-state index >= 15 is 0 Å². The number of aromatic hydroxyl groups is 1. The number of pyridine rings is 1. The summed E-state index contributed by atoms with van der Waals surface area (Å²) in [4.78, 5) is 77.3. The lowest BCUT2D eigenvalue weighted by molar-refractivity contribution is -0.155. The van der Waals surface area contributed by atoms with Crippen molar-refractivity contribution >= 4 is 40.7 Å². The van der Waals surface area contributed by atoms with Crippen molar-refractivity contribution in [2.45, 2.75) is 91.5 Å². The molecule has 0 saturated carbocycles. The second-order valence-corrected chi connectivity index (χ2v) is 19.4. The summed E-state index contributed by atoms with van der Waals surface area (Å²) >= 11 is 0. The number of hydrogen-bond donors (Lipinski definition) is 3. The molecule has 4 amide bonds. The number of likely N-dealkylation sites (tertiary alicyclic amines) is 1. The van der Waals surface area contributed by atoms with Crippen LogP contribution in [0.1, 0.15) is 77.3 Å². The van der Waals surface area contributed by atoms with Gasteiger partial charge in [0.25, 0.3) is 5.91 Å². The first-order valence-electron chi connectivity index (χ1n) is 22.9. The van der Waals surface area contributed by atoms with Crippen molar-refractivity contribution in [1.82, 2.24) is 35.1 Å². The lowest BCUT2D eigenvalue weighted by Gasteiger charge is -2.37. The molecule has 7 rings (SSSR count). The maximum absolute atomic E-state index is 14.7. The number of aromatic nitrogens is 2. The monoisotopic (exact) mass is 907 g/mol. The third-order valence-corrected chi connectivity index (χ3v) is 13.5. The summed E-state index contributed by atoms with van der Waals surface area (Å²) in [7, 11) is 6.56. The Morgan fingerprint density at radius 3 is 2.52 bits per heavy atom. The van der Waals surface area contributed by atoms with Crippen LogP contribution in [0.25, 0.3) is 33.3 Å². The molecule has 0 unspecified atom stereocenters. The highest BCUT2D eigenvalue weighted by atomic mass is 16.5. The first-order chi connectivity index (χ1) is 31.3. The third kappa shape index (κ3) is 9.75. The van der Waals surface area contributed by atoms with Gasteiger partial charge in [-0.2, -0.15) is 0 Å². The molecular weight excluding hydrogens is 843 g/mol. The molecule has 66 heavy (non-hydrogen) atoms. The summed E-state index contributed by atoms with van der Waals surface area (Å²) in [5, 5.41) is 16.7. The molecule has 3 N–H and O–H groups in total. The van der Waals surface area contributed by atoms with Crippen LogP contribution in [0.2, 0.25) is 0 Å². The van der Waals surface area contributed by atoms with Gasteiger partial charge in [-0.15, -0.1) is 0 Å². The fourth-order valence-corrected chi connectivity index (χ4v) is 10.0. The molecule has 354 valence electrons. The number of rotatable bonds is 8. The third-order valence-electron chi connectivity index (χ3n) is 13.5. The summed E-state index contributed by atoms with van der Waals surface area (Å²) in [6.45, 7) is 12.5. The summed E-state index contributed by atoms with van der Waals surface area (Å²) in [5.41, 5.74) is 9.36. The highest BCUT2D eigenvalue weighted by Crippen LogP contribution is 2.42. The fourth-order valence-electron chi connectivity index (χ4n) is 10.0. The number of methoxy groups -OCH3 is 2. The van der Waals surface area contributed by atoms with Crippen LogP contribution in [0, 0.1) is 23.2 Å². The number of benzene rings is 2. The van der Waals surface area contributed by atoms with Gasteiger partial charge in [0.1, 0.15) is 23.9 Å². The van der Waals surface area contributed by atoms with E-state index in [1.165, 1.54) is 21.9 Å². The first-order valence-corrected chi connectivity index (χ1v) is 22.9. The molecule has 16 nitrogen and oxygen atoms in total. The number of amides is 4. The van der Waals surface area contributed by atoms with Crippen molar-refractivity contribution in [3.63, 3.8) is 0 Å². The number of aryl methyl sites for hydroxylation is 1. The summed E-state index contributed by atoms with van der Waals surface area (Å²) < 4.78 is 18.9. The number of phenolic OH excluding ortho intramolecular Hbond substituents is 1. The minimum Gasteiger partial charge on any atom is -0.508 e. The van der Waals surface area contributed by atoms with Crippen molar-refractivity contribution in [3.05, 3.63) is 71.5 Å². The molecule has 2 aromatic carbocycles. The topological polar surface area (TPSA) is 185 Å². The zero-order valence-electron chi connectivity index (χ0n) is 39.8. The minimum atomic E-state index is -1.17. The van der Waals surface area contributed by atoms with E-state index in [9.17, 15) is 29.1 Å². The number of carbonyl (C=O) groups is 5. The molecule has 6 bridgehead atoms. The van der Waals surface area contributed by atoms with E-state index in [0.29, 0.717) is 36.9 Å². The first kappa shape index (κ1) is 47.9. The molecule has 16 heteroatoms. The second-order valence-electron chi connectivity index (χ2n) is 19.4. The van der Waals surface area contributed by atoms with Gasteiger partial charge in [-0.25, -0.2) is 10.2 Å². The number of esters is 1. The Balaban J connectivity index is 1.30. The number of nitrogens with zero attached hydrogens (tertiary/aromatic N) is 5. The molecule has 2 saturated heterocycles. The van der Waals surface area contributed by atoms with Crippen LogP contribution in [-0.2, 0) is 53.3 Å². The Kier molecular flexibility index (Phi) is 14.1. The van der Waals surface area contributed by atoms with E-state index in [0.717, 1.165) is 39.0 Å². The number of hydrazine groups is 1. The molecule has 3 aliphatic heterocycles. The SMILES string of the molecule is COC(=O)N1C[C@H](C)[C@H](C(=O)N(C)[C@H](C(=O)N[C@H]2Cc3cc(O)cc(c3)-c3ccc4c(c3)c(c(-c3cccnc3[C@H](C)OC)n4C)CC(C)(C)COC(=O)[C@@H]3CCCN(N3)C2=O)C(C)C)C1. The molecule has 0 aliphatic carbocycles. The Hall–Kier alpha value is -6.00. The van der Waals surface area contributed by atoms with Crippen LogP contribution >= 0.6 is 0 Å². The number of phenols is 1. The minimum absolute atomic E-state index is 0.0193. The van der Waals surface area contributed by atoms with E-state index in [4.69, 9.17) is 19.2 Å². The Morgan fingerprint density at radius 2 is 1.80 bits per heavy atom. The zero-order valence-corrected chi connectivity index (χ0v) is 39.8. The number of cyclic esters (lactones) is 1. The largest absolute Gasteiger partial charge is 0.508 e. The average Bonchev–Trinajstić information content (AvgIpc) is 3.81. The van der Waals surface area contributed by atoms with Crippen LogP contribution in [0.5, 0.6) is 5.75 Å². The molecule has 6 atom stereocenters. The van der Waals surface area contributed by atoms with E-state index in [-0.39, 0.29) is 55.7 Å². The van der Waals surface area contributed by atoms with Crippen LogP contribution < -0.4 is 10.7 Å². The number of likely N-dealkylation sites (N-methyl/N-ethyl adjacent to an activating group) is 1. The molecule has 4 aromatic rings. The molecule has 0 radical (unpaired) electrons. The van der Waals surface area contributed by atoms with Crippen molar-refractivity contribution in [1.29, 1.82) is 0 Å². The number of carbonyl (C=O) groups excluding carboxylic acids is 5. The van der Waals surface area contributed by atoms with E-state index in [2.05, 4.69) is 47.4 Å². The van der Waals surface area contributed by atoms with Gasteiger partial charge >= 0.3 is 12.1 Å². The fraction of sp³-hybridized carbons (Fsp3) is 0.520. The van der Waals surface area contributed by atoms with E-state index in [1.54, 1.807) is 32.5 Å². The Labute approximate surface area is 386 Å². The normalized spacial score (nSPS) is 22.1. The van der Waals surface area contributed by atoms with Crippen molar-refractivity contribution in [3.8, 4) is 28.1 Å². The van der Waals surface area contributed by atoms with Crippen LogP contribution in [0.3, 0.4) is 0 Å². The van der Waals surface area contributed by atoms with Gasteiger partial charge < -0.3 is 39.0 Å². The standard InChI is InChI=1S/C50H65N7O9/c1-28(2)43(55(8)46(60)38-26-56(25-29(38)3)49(63)65-10)45(59)52-40-21-31-19-33(22-34(58)20-31)32-15-16-41-36(23-32)37(44(54(41)7)35-13-11-17-51-42(35)30(4)64-9)24-50(5,6)27-66-48(62)39-14-12-18-57(53-39)47(40)61/h11,13,15-17,19-20,22-23,28-30,38-40,43,53,58H,12,14,18,21,24-27H2,1-10H3,(H,52,59)/t29-,30-,38+,39-,40-,43-/m0/s1. The smallest absolute Gasteiger partial charge is 0.409 e. The molecule has 5 heterocycles. The van der Waals surface area contributed by atoms with Gasteiger partial charge in [0.05, 0.1) is 37.1 Å². The Morgan fingerprint density at radius 1 is 1.05 bits per heavy atom. The predicted molar refractivity (Wildman–Crippen MR) is 249 cm³/mol. The summed E-state index contributed by atoms with van der Waals surface area (Å²) in [6.07, 6.45) is 2.40. The van der Waals surface area contributed by atoms with E-state index in [1.807, 2.05) is 52.9 Å². The molecule has 3 aliphatic rings. The van der Waals surface area contributed by atoms with Gasteiger partial charge in [0.15, 0.2) is 0 Å². The average molecular weight is 908 g/mol. The van der Waals surface area contributed by atoms with Crippen LogP contribution in [-0.4, -0.2) is 125 Å². The highest BCUT2D eigenvalue weighted by Gasteiger charge is 2.43. The molecule has 2 aromatic heterocycles. The lowest BCUT2D eigenvalue weighted by Crippen LogP contribution is -2.62. The summed E-state index contributed by atoms with van der Waals surface area (Å²) in [6, 6.07) is 12.3. The number of hydrogen-bond acceptors (Lipinski definition) is 11. The highest BCUT2D eigenvalue weighted by molar-refractivity contribution is 5.96. The van der Waals surface area contributed by atoms with Crippen molar-refractivity contribution in [2.24, 2.45) is 30.2 Å². The second kappa shape index (κ2) is 19.5. The van der Waals surface area contributed by atoms with Crippen LogP contribution in [0.15, 0.2) is 54.7 Å². The number of fused-ring (bicyclic) bond motifs is 6. The van der Waals surface area contributed by atoms with Crippen molar-refractivity contribution in [2.75, 3.05) is 47.5 Å². The van der Waals surface area contributed by atoms with Crippen molar-refractivity contribution < 1.29 is 43.3 Å². The maximum atomic E-state index is 14.7. The Bertz CT molecular complexity index is 2500. The number of nitrogens with one attached hydrogen (secondary N) is 2. The zero-order chi connectivity index (χ0) is 47.8. The van der Waals surface area contributed by atoms with Crippen LogP contribution in [0.4, 0.5) is 4.79 Å². The maximum Gasteiger partial charge on any atom is 0.409 e. The summed E-state index contributed by atoms with van der Waals surface area (Å²) in [5.74, 6) is -2.93. The van der Waals surface area contributed by atoms with Gasteiger partial charge in [-0.3, -0.25) is 29.2 Å². The quantitative estimate of drug-likeness (QED) is 0.182. The van der Waals surface area contributed by atoms with Gasteiger partial charge in [-0.1, -0.05) is 46.8 Å². The van der Waals surface area contributed by atoms with Gasteiger partial charge in [-0.05, 0) is 96.7 Å². The molecule has 2 fully saturated rings. The van der Waals surface area contributed by atoms with E-state index < -0.39 is 53.3 Å². The van der Waals surface area contributed by atoms with Gasteiger partial charge in [0.2, 0.25) is 11.8 Å². The molecular formula is C50H65N7O9. The predicted octanol–water partition coefficient (Wildman–Crippen LogP) is 5.79. The lowest BCUT2D eigenvalue weighted by atomic mass is 9.84. The number of ether oxygens (including phenoxy) is 3.